The highest BCUT2D eigenvalue weighted by molar-refractivity contribution is 5.75. The minimum absolute atomic E-state index is 0.0115. The molecule has 4 heterocycles. The molecule has 186 valence electrons. The van der Waals surface area contributed by atoms with Crippen LogP contribution in [0.1, 0.15) is 43.7 Å². The molecule has 3 amide bonds. The molecule has 0 aromatic heterocycles. The molecular weight excluding hydrogens is 430 g/mol. The zero-order chi connectivity index (χ0) is 23.7. The number of nitrogens with zero attached hydrogens (tertiary/aromatic N) is 4. The third-order valence-corrected chi connectivity index (χ3v) is 8.34. The lowest BCUT2D eigenvalue weighted by molar-refractivity contribution is -0.129. The maximum Gasteiger partial charge on any atom is 0.320 e. The van der Waals surface area contributed by atoms with Crippen LogP contribution in [0.15, 0.2) is 24.3 Å². The molecule has 0 aliphatic carbocycles. The molecule has 1 aromatic rings. The average molecular weight is 470 g/mol. The molecule has 4 aliphatic rings. The molecule has 2 N–H and O–H groups in total. The number of rotatable bonds is 3. The van der Waals surface area contributed by atoms with E-state index in [0.717, 1.165) is 71.4 Å². The van der Waals surface area contributed by atoms with E-state index in [4.69, 9.17) is 0 Å². The van der Waals surface area contributed by atoms with E-state index >= 15 is 0 Å². The number of benzene rings is 1. The Morgan fingerprint density at radius 1 is 0.853 bits per heavy atom. The number of nitrogens with one attached hydrogen (secondary N) is 1. The number of hydrogen-bond acceptors (Lipinski definition) is 5. The SMILES string of the molecule is CC(=O)N1CCC(NC2CCN(C(=O)N3C[C@@H](O)[C@H](N4CCc5ccccc5C4)C3)CC2)CC1. The molecule has 3 saturated heterocycles. The van der Waals surface area contributed by atoms with Gasteiger partial charge in [-0.15, -0.1) is 0 Å². The van der Waals surface area contributed by atoms with Crippen molar-refractivity contribution in [3.05, 3.63) is 35.4 Å². The molecule has 0 saturated carbocycles. The summed E-state index contributed by atoms with van der Waals surface area (Å²) in [5.74, 6) is 0.171. The maximum absolute atomic E-state index is 13.2. The van der Waals surface area contributed by atoms with Gasteiger partial charge in [-0.3, -0.25) is 9.69 Å². The zero-order valence-electron chi connectivity index (χ0n) is 20.4. The van der Waals surface area contributed by atoms with Crippen molar-refractivity contribution in [2.24, 2.45) is 0 Å². The molecule has 0 radical (unpaired) electrons. The number of carbonyl (C=O) groups excluding carboxylic acids is 2. The monoisotopic (exact) mass is 469 g/mol. The van der Waals surface area contributed by atoms with E-state index in [1.54, 1.807) is 6.92 Å². The molecule has 0 spiro atoms. The second-order valence-electron chi connectivity index (χ2n) is 10.5. The second-order valence-corrected chi connectivity index (χ2v) is 10.5. The maximum atomic E-state index is 13.2. The van der Waals surface area contributed by atoms with Crippen LogP contribution in [0.2, 0.25) is 0 Å². The standard InChI is InChI=1S/C26H39N5O3/c1-19(32)28-12-7-22(8-13-28)27-23-9-14-29(15-10-23)26(34)31-17-24(25(33)18-31)30-11-6-20-4-2-3-5-21(20)16-30/h2-5,22-25,27,33H,6-18H2,1H3/t24-,25-/m1/s1. The predicted octanol–water partition coefficient (Wildman–Crippen LogP) is 1.27. The quantitative estimate of drug-likeness (QED) is 0.697. The lowest BCUT2D eigenvalue weighted by Crippen LogP contribution is -2.53. The number of urea groups is 1. The summed E-state index contributed by atoms with van der Waals surface area (Å²) in [5, 5.41) is 14.6. The molecule has 1 aromatic carbocycles. The molecule has 8 nitrogen and oxygen atoms in total. The fraction of sp³-hybridized carbons (Fsp3) is 0.692. The molecule has 3 fully saturated rings. The van der Waals surface area contributed by atoms with Gasteiger partial charge in [-0.25, -0.2) is 4.79 Å². The Balaban J connectivity index is 1.08. The van der Waals surface area contributed by atoms with Crippen LogP contribution in [0.5, 0.6) is 0 Å². The van der Waals surface area contributed by atoms with Crippen molar-refractivity contribution >= 4 is 11.9 Å². The van der Waals surface area contributed by atoms with Gasteiger partial charge in [0.2, 0.25) is 5.91 Å². The van der Waals surface area contributed by atoms with Gasteiger partial charge in [-0.1, -0.05) is 24.3 Å². The smallest absolute Gasteiger partial charge is 0.320 e. The van der Waals surface area contributed by atoms with Gasteiger partial charge in [-0.05, 0) is 43.2 Å². The van der Waals surface area contributed by atoms with Crippen LogP contribution in [-0.4, -0.2) is 107 Å². The van der Waals surface area contributed by atoms with Gasteiger partial charge in [0.1, 0.15) is 0 Å². The van der Waals surface area contributed by atoms with Gasteiger partial charge in [-0.2, -0.15) is 0 Å². The van der Waals surface area contributed by atoms with Crippen molar-refractivity contribution in [1.29, 1.82) is 0 Å². The van der Waals surface area contributed by atoms with Crippen LogP contribution >= 0.6 is 0 Å². The van der Waals surface area contributed by atoms with E-state index in [-0.39, 0.29) is 18.0 Å². The summed E-state index contributed by atoms with van der Waals surface area (Å²) in [6, 6.07) is 9.53. The number of β-amino-alcohol motifs (C(OH)–C–C–N with tert-alkyl or cyclic N) is 1. The normalized spacial score (nSPS) is 27.2. The van der Waals surface area contributed by atoms with Crippen LogP contribution < -0.4 is 5.32 Å². The summed E-state index contributed by atoms with van der Waals surface area (Å²) in [5.41, 5.74) is 2.74. The van der Waals surface area contributed by atoms with E-state index in [1.165, 1.54) is 11.1 Å². The van der Waals surface area contributed by atoms with E-state index in [1.807, 2.05) is 14.7 Å². The minimum atomic E-state index is -0.491. The summed E-state index contributed by atoms with van der Waals surface area (Å²) < 4.78 is 0. The first kappa shape index (κ1) is 23.6. The molecule has 5 rings (SSSR count). The molecule has 0 unspecified atom stereocenters. The Bertz CT molecular complexity index is 879. The summed E-state index contributed by atoms with van der Waals surface area (Å²) in [4.78, 5) is 32.9. The van der Waals surface area contributed by atoms with Crippen molar-refractivity contribution < 1.29 is 14.7 Å². The Hall–Kier alpha value is -2.16. The van der Waals surface area contributed by atoms with Crippen molar-refractivity contribution in [3.8, 4) is 0 Å². The van der Waals surface area contributed by atoms with Gasteiger partial charge in [0.05, 0.1) is 12.1 Å². The molecular formula is C26H39N5O3. The van der Waals surface area contributed by atoms with Crippen molar-refractivity contribution in [2.75, 3.05) is 45.8 Å². The van der Waals surface area contributed by atoms with Gasteiger partial charge in [0, 0.05) is 71.4 Å². The topological polar surface area (TPSA) is 79.4 Å². The Morgan fingerprint density at radius 3 is 2.12 bits per heavy atom. The van der Waals surface area contributed by atoms with Crippen molar-refractivity contribution in [2.45, 2.75) is 69.8 Å². The zero-order valence-corrected chi connectivity index (χ0v) is 20.4. The summed E-state index contributed by atoms with van der Waals surface area (Å²) in [6.07, 6.45) is 4.44. The summed E-state index contributed by atoms with van der Waals surface area (Å²) in [7, 11) is 0. The fourth-order valence-corrected chi connectivity index (χ4v) is 6.22. The molecule has 2 atom stereocenters. The van der Waals surface area contributed by atoms with Gasteiger partial charge in [0.25, 0.3) is 0 Å². The highest BCUT2D eigenvalue weighted by Crippen LogP contribution is 2.26. The highest BCUT2D eigenvalue weighted by Gasteiger charge is 2.40. The summed E-state index contributed by atoms with van der Waals surface area (Å²) in [6.45, 7) is 7.66. The van der Waals surface area contributed by atoms with E-state index in [9.17, 15) is 14.7 Å². The first-order chi connectivity index (χ1) is 16.5. The second kappa shape index (κ2) is 10.2. The molecule has 4 aliphatic heterocycles. The van der Waals surface area contributed by atoms with Crippen LogP contribution in [0, 0.1) is 0 Å². The third kappa shape index (κ3) is 5.09. The third-order valence-electron chi connectivity index (χ3n) is 8.34. The number of aliphatic hydroxyl groups excluding tert-OH is 1. The Labute approximate surface area is 202 Å². The first-order valence-electron chi connectivity index (χ1n) is 13.0. The largest absolute Gasteiger partial charge is 0.390 e. The number of fused-ring (bicyclic) bond motifs is 1. The molecule has 0 bridgehead atoms. The lowest BCUT2D eigenvalue weighted by atomic mass is 9.98. The minimum Gasteiger partial charge on any atom is -0.390 e. The number of piperidine rings is 2. The van der Waals surface area contributed by atoms with Gasteiger partial charge >= 0.3 is 6.03 Å². The number of carbonyl (C=O) groups is 2. The number of amides is 3. The van der Waals surface area contributed by atoms with Crippen LogP contribution in [0.25, 0.3) is 0 Å². The first-order valence-corrected chi connectivity index (χ1v) is 13.0. The molecule has 8 heteroatoms. The number of likely N-dealkylation sites (tertiary alicyclic amines) is 3. The Morgan fingerprint density at radius 2 is 1.47 bits per heavy atom. The van der Waals surface area contributed by atoms with Crippen LogP contribution in [-0.2, 0) is 17.8 Å². The average Bonchev–Trinajstić information content (AvgIpc) is 3.25. The van der Waals surface area contributed by atoms with E-state index < -0.39 is 6.10 Å². The van der Waals surface area contributed by atoms with Crippen molar-refractivity contribution in [1.82, 2.24) is 24.9 Å². The van der Waals surface area contributed by atoms with Crippen LogP contribution in [0.4, 0.5) is 4.79 Å². The lowest BCUT2D eigenvalue weighted by Gasteiger charge is -2.38. The predicted molar refractivity (Wildman–Crippen MR) is 130 cm³/mol. The van der Waals surface area contributed by atoms with Crippen LogP contribution in [0.3, 0.4) is 0 Å². The van der Waals surface area contributed by atoms with Gasteiger partial charge in [0.15, 0.2) is 0 Å². The molecule has 34 heavy (non-hydrogen) atoms. The fourth-order valence-electron chi connectivity index (χ4n) is 6.22. The highest BCUT2D eigenvalue weighted by atomic mass is 16.3. The van der Waals surface area contributed by atoms with E-state index in [0.29, 0.717) is 25.2 Å². The Kier molecular flexibility index (Phi) is 7.09. The van der Waals surface area contributed by atoms with Crippen molar-refractivity contribution in [3.63, 3.8) is 0 Å². The number of aliphatic hydroxyl groups is 1. The van der Waals surface area contributed by atoms with E-state index in [2.05, 4.69) is 34.5 Å². The summed E-state index contributed by atoms with van der Waals surface area (Å²) >= 11 is 0. The van der Waals surface area contributed by atoms with Gasteiger partial charge < -0.3 is 25.1 Å². The number of hydrogen-bond donors (Lipinski definition) is 2.